The first kappa shape index (κ1) is 14.8. The second-order valence-corrected chi connectivity index (χ2v) is 6.08. The zero-order chi connectivity index (χ0) is 15.4. The fourth-order valence-corrected chi connectivity index (χ4v) is 3.31. The van der Waals surface area contributed by atoms with E-state index in [-0.39, 0.29) is 11.8 Å². The maximum Gasteiger partial charge on any atom is 0.252 e. The highest BCUT2D eigenvalue weighted by molar-refractivity contribution is 7.08. The monoisotopic (exact) mass is 314 g/mol. The van der Waals surface area contributed by atoms with Gasteiger partial charge >= 0.3 is 0 Å². The Balaban J connectivity index is 1.45. The largest absolute Gasteiger partial charge is 0.352 e. The number of carbonyl (C=O) groups is 2. The average molecular weight is 314 g/mol. The van der Waals surface area contributed by atoms with E-state index >= 15 is 0 Å². The van der Waals surface area contributed by atoms with E-state index in [0.29, 0.717) is 24.9 Å². The van der Waals surface area contributed by atoms with Crippen molar-refractivity contribution in [3.63, 3.8) is 0 Å². The maximum atomic E-state index is 12.3. The summed E-state index contributed by atoms with van der Waals surface area (Å²) in [5.74, 6) is 0.0648. The summed E-state index contributed by atoms with van der Waals surface area (Å²) in [6.45, 7) is 1.29. The van der Waals surface area contributed by atoms with Crippen LogP contribution in [0.1, 0.15) is 28.8 Å². The number of thiophene rings is 1. The van der Waals surface area contributed by atoms with Gasteiger partial charge in [-0.1, -0.05) is 18.2 Å². The predicted molar refractivity (Wildman–Crippen MR) is 88.4 cm³/mol. The van der Waals surface area contributed by atoms with Crippen molar-refractivity contribution in [2.45, 2.75) is 19.3 Å². The molecule has 0 bridgehead atoms. The number of para-hydroxylation sites is 1. The number of nitrogens with one attached hydrogen (secondary N) is 1. The van der Waals surface area contributed by atoms with Gasteiger partial charge in [0, 0.05) is 36.1 Å². The van der Waals surface area contributed by atoms with Crippen molar-refractivity contribution in [1.29, 1.82) is 0 Å². The molecular weight excluding hydrogens is 296 g/mol. The van der Waals surface area contributed by atoms with Crippen LogP contribution in [-0.2, 0) is 11.2 Å². The molecule has 2 aromatic rings. The van der Waals surface area contributed by atoms with E-state index in [2.05, 4.69) is 11.4 Å². The van der Waals surface area contributed by atoms with E-state index in [1.807, 2.05) is 33.9 Å². The Morgan fingerprint density at radius 1 is 1.23 bits per heavy atom. The smallest absolute Gasteiger partial charge is 0.252 e. The molecule has 2 amide bonds. The van der Waals surface area contributed by atoms with Crippen molar-refractivity contribution >= 4 is 28.8 Å². The Morgan fingerprint density at radius 3 is 2.91 bits per heavy atom. The minimum Gasteiger partial charge on any atom is -0.352 e. The third-order valence-electron chi connectivity index (χ3n) is 3.82. The molecule has 1 aliphatic rings. The minimum atomic E-state index is -0.0692. The lowest BCUT2D eigenvalue weighted by atomic mass is 10.2. The van der Waals surface area contributed by atoms with Gasteiger partial charge in [0.1, 0.15) is 0 Å². The fraction of sp³-hybridized carbons (Fsp3) is 0.294. The highest BCUT2D eigenvalue weighted by Gasteiger charge is 2.23. The second kappa shape index (κ2) is 6.75. The van der Waals surface area contributed by atoms with Crippen molar-refractivity contribution < 1.29 is 9.59 Å². The normalized spacial score (nSPS) is 13.0. The van der Waals surface area contributed by atoms with Gasteiger partial charge in [0.15, 0.2) is 0 Å². The minimum absolute atomic E-state index is 0.0692. The molecule has 0 saturated heterocycles. The van der Waals surface area contributed by atoms with Gasteiger partial charge in [-0.15, -0.1) is 0 Å². The number of hydrogen-bond donors (Lipinski definition) is 1. The SMILES string of the molecule is O=C(NCCCC(=O)N1CCc2ccccc21)c1ccsc1. The standard InChI is InChI=1S/C17H18N2O2S/c20-16(19-10-7-13-4-1-2-5-15(13)19)6-3-9-18-17(21)14-8-11-22-12-14/h1-2,4-5,8,11-12H,3,6-7,9-10H2,(H,18,21). The van der Waals surface area contributed by atoms with Crippen LogP contribution in [0.4, 0.5) is 5.69 Å². The van der Waals surface area contributed by atoms with Crippen molar-refractivity contribution in [3.8, 4) is 0 Å². The number of nitrogens with zero attached hydrogens (tertiary/aromatic N) is 1. The summed E-state index contributed by atoms with van der Waals surface area (Å²) in [6, 6.07) is 9.84. The number of hydrogen-bond acceptors (Lipinski definition) is 3. The van der Waals surface area contributed by atoms with Crippen molar-refractivity contribution in [1.82, 2.24) is 5.32 Å². The van der Waals surface area contributed by atoms with E-state index < -0.39 is 0 Å². The second-order valence-electron chi connectivity index (χ2n) is 5.30. The Hall–Kier alpha value is -2.14. The summed E-state index contributed by atoms with van der Waals surface area (Å²) in [5, 5.41) is 6.55. The van der Waals surface area contributed by atoms with E-state index in [1.54, 1.807) is 6.07 Å². The van der Waals surface area contributed by atoms with E-state index in [1.165, 1.54) is 16.9 Å². The van der Waals surface area contributed by atoms with Gasteiger partial charge in [0.05, 0.1) is 0 Å². The Morgan fingerprint density at radius 2 is 2.09 bits per heavy atom. The molecule has 0 spiro atoms. The van der Waals surface area contributed by atoms with Crippen LogP contribution in [0.15, 0.2) is 41.1 Å². The van der Waals surface area contributed by atoms with Crippen LogP contribution >= 0.6 is 11.3 Å². The Labute approximate surface area is 133 Å². The number of carbonyl (C=O) groups excluding carboxylic acids is 2. The summed E-state index contributed by atoms with van der Waals surface area (Å²) in [5.41, 5.74) is 2.96. The van der Waals surface area contributed by atoms with Gasteiger partial charge in [-0.25, -0.2) is 0 Å². The molecule has 22 heavy (non-hydrogen) atoms. The van der Waals surface area contributed by atoms with Crippen molar-refractivity contribution in [2.24, 2.45) is 0 Å². The molecule has 114 valence electrons. The molecule has 5 heteroatoms. The molecule has 1 N–H and O–H groups in total. The number of amides is 2. The number of benzene rings is 1. The molecule has 0 atom stereocenters. The van der Waals surface area contributed by atoms with Crippen molar-refractivity contribution in [3.05, 3.63) is 52.2 Å². The van der Waals surface area contributed by atoms with Crippen LogP contribution in [0.5, 0.6) is 0 Å². The molecule has 4 nitrogen and oxygen atoms in total. The molecule has 1 aromatic carbocycles. The zero-order valence-electron chi connectivity index (χ0n) is 12.2. The van der Waals surface area contributed by atoms with Crippen LogP contribution in [0, 0.1) is 0 Å². The van der Waals surface area contributed by atoms with Crippen LogP contribution in [0.2, 0.25) is 0 Å². The average Bonchev–Trinajstić information content (AvgIpc) is 3.20. The Kier molecular flexibility index (Phi) is 4.53. The number of rotatable bonds is 5. The summed E-state index contributed by atoms with van der Waals surface area (Å²) in [4.78, 5) is 25.9. The van der Waals surface area contributed by atoms with E-state index in [9.17, 15) is 9.59 Å². The molecule has 0 radical (unpaired) electrons. The lowest BCUT2D eigenvalue weighted by Gasteiger charge is -2.17. The topological polar surface area (TPSA) is 49.4 Å². The lowest BCUT2D eigenvalue weighted by molar-refractivity contribution is -0.118. The highest BCUT2D eigenvalue weighted by Crippen LogP contribution is 2.27. The van der Waals surface area contributed by atoms with Crippen LogP contribution < -0.4 is 10.2 Å². The third kappa shape index (κ3) is 3.20. The van der Waals surface area contributed by atoms with Crippen molar-refractivity contribution in [2.75, 3.05) is 18.0 Å². The molecule has 3 rings (SSSR count). The fourth-order valence-electron chi connectivity index (χ4n) is 2.67. The summed E-state index contributed by atoms with van der Waals surface area (Å²) in [7, 11) is 0. The first-order valence-corrected chi connectivity index (χ1v) is 8.38. The number of fused-ring (bicyclic) bond motifs is 1. The molecule has 2 heterocycles. The van der Waals surface area contributed by atoms with E-state index in [4.69, 9.17) is 0 Å². The molecule has 1 aromatic heterocycles. The summed E-state index contributed by atoms with van der Waals surface area (Å²) < 4.78 is 0. The molecular formula is C17H18N2O2S. The van der Waals surface area contributed by atoms with Crippen LogP contribution in [-0.4, -0.2) is 24.9 Å². The van der Waals surface area contributed by atoms with Gasteiger partial charge in [-0.2, -0.15) is 11.3 Å². The van der Waals surface area contributed by atoms with Gasteiger partial charge in [-0.3, -0.25) is 9.59 Å². The lowest BCUT2D eigenvalue weighted by Crippen LogP contribution is -2.30. The zero-order valence-corrected chi connectivity index (χ0v) is 13.1. The summed E-state index contributed by atoms with van der Waals surface area (Å²) >= 11 is 1.50. The number of anilines is 1. The molecule has 0 aliphatic carbocycles. The quantitative estimate of drug-likeness (QED) is 0.863. The molecule has 1 aliphatic heterocycles. The van der Waals surface area contributed by atoms with Crippen LogP contribution in [0.3, 0.4) is 0 Å². The predicted octanol–water partition coefficient (Wildman–Crippen LogP) is 2.85. The molecule has 0 saturated carbocycles. The van der Waals surface area contributed by atoms with E-state index in [0.717, 1.165) is 18.7 Å². The first-order valence-electron chi connectivity index (χ1n) is 7.44. The molecule has 0 unspecified atom stereocenters. The maximum absolute atomic E-state index is 12.3. The van der Waals surface area contributed by atoms with Crippen LogP contribution in [0.25, 0.3) is 0 Å². The third-order valence-corrected chi connectivity index (χ3v) is 4.51. The highest BCUT2D eigenvalue weighted by atomic mass is 32.1. The van der Waals surface area contributed by atoms with Gasteiger partial charge in [0.25, 0.3) is 5.91 Å². The van der Waals surface area contributed by atoms with Gasteiger partial charge < -0.3 is 10.2 Å². The summed E-state index contributed by atoms with van der Waals surface area (Å²) in [6.07, 6.45) is 2.04. The molecule has 0 fully saturated rings. The van der Waals surface area contributed by atoms with Gasteiger partial charge in [-0.05, 0) is 35.9 Å². The first-order chi connectivity index (χ1) is 10.8. The Bertz CT molecular complexity index is 667. The van der Waals surface area contributed by atoms with Gasteiger partial charge in [0.2, 0.25) is 5.91 Å².